The van der Waals surface area contributed by atoms with Crippen LogP contribution < -0.4 is 5.32 Å². The van der Waals surface area contributed by atoms with Gasteiger partial charge in [0, 0.05) is 10.6 Å². The molecule has 4 rings (SSSR count). The lowest BCUT2D eigenvalue weighted by Gasteiger charge is -2.10. The van der Waals surface area contributed by atoms with Crippen molar-refractivity contribution in [2.45, 2.75) is 17.6 Å². The molecule has 7 nitrogen and oxygen atoms in total. The summed E-state index contributed by atoms with van der Waals surface area (Å²) < 4.78 is 10.3. The quantitative estimate of drug-likeness (QED) is 0.336. The minimum absolute atomic E-state index is 0.377. The highest BCUT2D eigenvalue weighted by molar-refractivity contribution is 7.98. The number of esters is 1. The summed E-state index contributed by atoms with van der Waals surface area (Å²) in [6.45, 7) is 1.36. The Hall–Kier alpha value is -3.65. The second-order valence-electron chi connectivity index (χ2n) is 6.71. The van der Waals surface area contributed by atoms with Crippen molar-refractivity contribution in [2.24, 2.45) is 0 Å². The zero-order chi connectivity index (χ0) is 21.6. The maximum absolute atomic E-state index is 12.5. The van der Waals surface area contributed by atoms with Crippen molar-refractivity contribution < 1.29 is 18.8 Å². The van der Waals surface area contributed by atoms with E-state index in [2.05, 4.69) is 15.5 Å². The second-order valence-corrected chi connectivity index (χ2v) is 7.72. The summed E-state index contributed by atoms with van der Waals surface area (Å²) in [6.07, 6.45) is 0. The van der Waals surface area contributed by atoms with Crippen molar-refractivity contribution in [1.82, 2.24) is 10.1 Å². The molecule has 1 heterocycles. The first-order chi connectivity index (χ1) is 15.1. The number of thioether (sulfide) groups is 1. The van der Waals surface area contributed by atoms with Gasteiger partial charge < -0.3 is 14.6 Å². The average Bonchev–Trinajstić information content (AvgIpc) is 3.21. The van der Waals surface area contributed by atoms with Crippen LogP contribution in [-0.2, 0) is 15.3 Å². The fourth-order valence-electron chi connectivity index (χ4n) is 2.97. The van der Waals surface area contributed by atoms with Gasteiger partial charge in [0.2, 0.25) is 5.89 Å². The van der Waals surface area contributed by atoms with Crippen molar-refractivity contribution >= 4 is 40.1 Å². The molecular weight excluding hydrogens is 414 g/mol. The number of carbonyl (C=O) groups excluding carboxylic acids is 2. The predicted molar refractivity (Wildman–Crippen MR) is 118 cm³/mol. The highest BCUT2D eigenvalue weighted by atomic mass is 32.2. The van der Waals surface area contributed by atoms with Crippen molar-refractivity contribution in [3.63, 3.8) is 0 Å². The normalized spacial score (nSPS) is 10.7. The van der Waals surface area contributed by atoms with E-state index in [1.165, 1.54) is 11.8 Å². The molecule has 156 valence electrons. The Kier molecular flexibility index (Phi) is 6.28. The molecule has 31 heavy (non-hydrogen) atoms. The highest BCUT2D eigenvalue weighted by Crippen LogP contribution is 2.26. The fourth-order valence-corrected chi connectivity index (χ4v) is 3.85. The van der Waals surface area contributed by atoms with Gasteiger partial charge in [0.15, 0.2) is 12.4 Å². The smallest absolute Gasteiger partial charge is 0.339 e. The monoisotopic (exact) mass is 433 g/mol. The van der Waals surface area contributed by atoms with Crippen molar-refractivity contribution in [1.29, 1.82) is 0 Å². The molecule has 0 saturated carbocycles. The minimum Gasteiger partial charge on any atom is -0.452 e. The SMILES string of the molecule is Cc1noc(CSc2ccccc2C(=O)OCC(=O)Nc2ccc3ccccc3c2)n1. The van der Waals surface area contributed by atoms with Crippen LogP contribution in [0.3, 0.4) is 0 Å². The molecule has 1 amide bonds. The van der Waals surface area contributed by atoms with Crippen LogP contribution in [0.15, 0.2) is 76.1 Å². The summed E-state index contributed by atoms with van der Waals surface area (Å²) in [6, 6.07) is 20.5. The number of aryl methyl sites for hydroxylation is 1. The van der Waals surface area contributed by atoms with Crippen molar-refractivity contribution in [3.8, 4) is 0 Å². The van der Waals surface area contributed by atoms with E-state index in [1.54, 1.807) is 25.1 Å². The molecule has 0 radical (unpaired) electrons. The third kappa shape index (κ3) is 5.29. The molecule has 8 heteroatoms. The van der Waals surface area contributed by atoms with Gasteiger partial charge in [-0.05, 0) is 42.0 Å². The number of hydrogen-bond donors (Lipinski definition) is 1. The van der Waals surface area contributed by atoms with Gasteiger partial charge in [-0.1, -0.05) is 47.6 Å². The Morgan fingerprint density at radius 1 is 1.03 bits per heavy atom. The first-order valence-corrected chi connectivity index (χ1v) is 10.5. The van der Waals surface area contributed by atoms with Gasteiger partial charge in [0.25, 0.3) is 5.91 Å². The number of benzene rings is 3. The van der Waals surface area contributed by atoms with E-state index in [0.717, 1.165) is 10.8 Å². The Balaban J connectivity index is 1.35. The number of fused-ring (bicyclic) bond motifs is 1. The zero-order valence-corrected chi connectivity index (χ0v) is 17.5. The van der Waals surface area contributed by atoms with Crippen LogP contribution in [0.1, 0.15) is 22.1 Å². The largest absolute Gasteiger partial charge is 0.452 e. The molecule has 0 spiro atoms. The van der Waals surface area contributed by atoms with E-state index in [-0.39, 0.29) is 6.61 Å². The van der Waals surface area contributed by atoms with Crippen LogP contribution >= 0.6 is 11.8 Å². The third-order valence-corrected chi connectivity index (χ3v) is 5.45. The summed E-state index contributed by atoms with van der Waals surface area (Å²) in [7, 11) is 0. The summed E-state index contributed by atoms with van der Waals surface area (Å²) in [4.78, 5) is 29.7. The Morgan fingerprint density at radius 3 is 2.61 bits per heavy atom. The van der Waals surface area contributed by atoms with Gasteiger partial charge in [0.05, 0.1) is 11.3 Å². The fraction of sp³-hybridized carbons (Fsp3) is 0.130. The number of anilines is 1. The molecule has 1 aromatic heterocycles. The van der Waals surface area contributed by atoms with Gasteiger partial charge in [0.1, 0.15) is 0 Å². The molecule has 0 aliphatic carbocycles. The standard InChI is InChI=1S/C23H19N3O4S/c1-15-24-22(30-26-15)14-31-20-9-5-4-8-19(20)23(28)29-13-21(27)25-18-11-10-16-6-2-3-7-17(16)12-18/h2-12H,13-14H2,1H3,(H,25,27). The third-order valence-electron chi connectivity index (χ3n) is 4.40. The zero-order valence-electron chi connectivity index (χ0n) is 16.7. The second kappa shape index (κ2) is 9.44. The molecule has 1 N–H and O–H groups in total. The Morgan fingerprint density at radius 2 is 1.81 bits per heavy atom. The summed E-state index contributed by atoms with van der Waals surface area (Å²) in [5.41, 5.74) is 1.02. The van der Waals surface area contributed by atoms with Crippen LogP contribution in [0.4, 0.5) is 5.69 Å². The van der Waals surface area contributed by atoms with Gasteiger partial charge in [-0.3, -0.25) is 4.79 Å². The number of ether oxygens (including phenoxy) is 1. The number of nitrogens with one attached hydrogen (secondary N) is 1. The van der Waals surface area contributed by atoms with Gasteiger partial charge in [-0.2, -0.15) is 4.98 Å². The molecule has 0 unspecified atom stereocenters. The molecule has 0 aliphatic rings. The molecular formula is C23H19N3O4S. The molecule has 0 fully saturated rings. The number of rotatable bonds is 7. The number of amides is 1. The molecule has 0 aliphatic heterocycles. The van der Waals surface area contributed by atoms with Gasteiger partial charge in [-0.25, -0.2) is 4.79 Å². The van der Waals surface area contributed by atoms with Crippen LogP contribution in [0.2, 0.25) is 0 Å². The number of hydrogen-bond acceptors (Lipinski definition) is 7. The van der Waals surface area contributed by atoms with Crippen molar-refractivity contribution in [2.75, 3.05) is 11.9 Å². The average molecular weight is 433 g/mol. The van der Waals surface area contributed by atoms with E-state index in [0.29, 0.717) is 33.6 Å². The minimum atomic E-state index is -0.571. The first kappa shape index (κ1) is 20.6. The van der Waals surface area contributed by atoms with E-state index in [9.17, 15) is 9.59 Å². The first-order valence-electron chi connectivity index (χ1n) is 9.55. The highest BCUT2D eigenvalue weighted by Gasteiger charge is 2.16. The van der Waals surface area contributed by atoms with Crippen LogP contribution in [-0.4, -0.2) is 28.6 Å². The Bertz CT molecular complexity index is 1240. The van der Waals surface area contributed by atoms with E-state index < -0.39 is 11.9 Å². The van der Waals surface area contributed by atoms with Gasteiger partial charge in [-0.15, -0.1) is 11.8 Å². The molecule has 0 atom stereocenters. The maximum atomic E-state index is 12.5. The number of nitrogens with zero attached hydrogens (tertiary/aromatic N) is 2. The molecule has 3 aromatic carbocycles. The number of aromatic nitrogens is 2. The predicted octanol–water partition coefficient (Wildman–Crippen LogP) is 4.62. The molecule has 0 saturated heterocycles. The van der Waals surface area contributed by atoms with Gasteiger partial charge >= 0.3 is 5.97 Å². The lowest BCUT2D eigenvalue weighted by Crippen LogP contribution is -2.21. The summed E-state index contributed by atoms with van der Waals surface area (Å²) >= 11 is 1.38. The van der Waals surface area contributed by atoms with Crippen molar-refractivity contribution in [3.05, 3.63) is 84.0 Å². The molecule has 0 bridgehead atoms. The molecule has 4 aromatic rings. The number of carbonyl (C=O) groups is 2. The maximum Gasteiger partial charge on any atom is 0.339 e. The van der Waals surface area contributed by atoms with E-state index in [4.69, 9.17) is 9.26 Å². The lowest BCUT2D eigenvalue weighted by molar-refractivity contribution is -0.119. The lowest BCUT2D eigenvalue weighted by atomic mass is 10.1. The Labute approximate surface area is 182 Å². The summed E-state index contributed by atoms with van der Waals surface area (Å²) in [5.74, 6) is 0.475. The van der Waals surface area contributed by atoms with E-state index in [1.807, 2.05) is 48.5 Å². The van der Waals surface area contributed by atoms with E-state index >= 15 is 0 Å². The van der Waals surface area contributed by atoms with Crippen LogP contribution in [0, 0.1) is 6.92 Å². The summed E-state index contributed by atoms with van der Waals surface area (Å²) in [5, 5.41) is 8.60. The van der Waals surface area contributed by atoms with Crippen LogP contribution in [0.25, 0.3) is 10.8 Å². The topological polar surface area (TPSA) is 94.3 Å². The van der Waals surface area contributed by atoms with Crippen LogP contribution in [0.5, 0.6) is 0 Å².